The van der Waals surface area contributed by atoms with Gasteiger partial charge in [-0.2, -0.15) is 33.7 Å². The Kier molecular flexibility index (Phi) is 18.6. The lowest BCUT2D eigenvalue weighted by Crippen LogP contribution is -2.09. The molecule has 0 amide bonds. The van der Waals surface area contributed by atoms with E-state index in [4.69, 9.17) is 67.8 Å². The van der Waals surface area contributed by atoms with Gasteiger partial charge in [-0.25, -0.2) is 0 Å². The molecule has 57 heavy (non-hydrogen) atoms. The highest BCUT2D eigenvalue weighted by Gasteiger charge is 2.13. The number of benzene rings is 4. The average Bonchev–Trinajstić information content (AvgIpc) is 3.06. The standard InChI is InChI=1S/2C10H16N2O4S.C6H8N2O3S.C6H7NO3S/c2*1-7-5-9(12)10(6-8(7)11)16-3-2-4-17(13,14)15;7-4-1-2-5(8)6(3-4)12(9,10)11;7-5-1-3-6(4-2-5)11(8,9)10/h2*5-6H,2-4,11-12H2,1H3,(H,13,14,15);1-3H,7-8H2,(H,9,10,11);1-4H,7H2,(H,8,9,10). The van der Waals surface area contributed by atoms with Crippen LogP contribution >= 0.6 is 0 Å². The van der Waals surface area contributed by atoms with Crippen molar-refractivity contribution in [3.05, 3.63) is 77.9 Å². The molecule has 0 saturated heterocycles. The molecule has 0 spiro atoms. The Hall–Kier alpha value is -5.28. The molecule has 0 unspecified atom stereocenters. The van der Waals surface area contributed by atoms with E-state index in [9.17, 15) is 33.7 Å². The van der Waals surface area contributed by atoms with Gasteiger partial charge in [-0.3, -0.25) is 18.2 Å². The van der Waals surface area contributed by atoms with E-state index in [0.29, 0.717) is 39.9 Å². The lowest BCUT2D eigenvalue weighted by Gasteiger charge is -2.10. The number of hydrogen-bond donors (Lipinski definition) is 11. The molecule has 4 rings (SSSR count). The second kappa shape index (κ2) is 21.3. The Labute approximate surface area is 331 Å². The smallest absolute Gasteiger partial charge is 0.296 e. The first-order valence-corrected chi connectivity index (χ1v) is 22.0. The van der Waals surface area contributed by atoms with E-state index in [1.54, 1.807) is 24.3 Å². The van der Waals surface area contributed by atoms with Crippen LogP contribution in [0.5, 0.6) is 11.5 Å². The normalized spacial score (nSPS) is 11.4. The van der Waals surface area contributed by atoms with Crippen LogP contribution in [0.1, 0.15) is 24.0 Å². The Bertz CT molecular complexity index is 2320. The lowest BCUT2D eigenvalue weighted by molar-refractivity contribution is 0.318. The molecule has 0 bridgehead atoms. The Balaban J connectivity index is 0.000000386. The summed E-state index contributed by atoms with van der Waals surface area (Å²) >= 11 is 0. The number of hydrogen-bond acceptors (Lipinski definition) is 17. The van der Waals surface area contributed by atoms with Crippen molar-refractivity contribution in [3.63, 3.8) is 0 Å². The minimum atomic E-state index is -4.26. The maximum atomic E-state index is 10.6. The number of ether oxygens (including phenoxy) is 2. The quantitative estimate of drug-likeness (QED) is 0.0552. The molecule has 0 fully saturated rings. The molecule has 0 aliphatic heterocycles. The minimum absolute atomic E-state index is 0.0216. The van der Waals surface area contributed by atoms with Crippen molar-refractivity contribution in [2.75, 3.05) is 64.9 Å². The summed E-state index contributed by atoms with van der Waals surface area (Å²) in [5, 5.41) is 0. The van der Waals surface area contributed by atoms with Gasteiger partial charge < -0.3 is 49.6 Å². The summed E-state index contributed by atoms with van der Waals surface area (Å²) in [5.41, 5.74) is 43.1. The largest absolute Gasteiger partial charge is 0.491 e. The van der Waals surface area contributed by atoms with E-state index in [2.05, 4.69) is 0 Å². The summed E-state index contributed by atoms with van der Waals surface area (Å²) in [6, 6.07) is 15.7. The second-order valence-corrected chi connectivity index (χ2v) is 17.7. The molecule has 4 aromatic carbocycles. The predicted octanol–water partition coefficient (Wildman–Crippen LogP) is 2.25. The third-order valence-electron chi connectivity index (χ3n) is 6.90. The van der Waals surface area contributed by atoms with Gasteiger partial charge >= 0.3 is 0 Å². The van der Waals surface area contributed by atoms with E-state index in [-0.39, 0.29) is 58.7 Å². The van der Waals surface area contributed by atoms with E-state index in [0.717, 1.165) is 17.2 Å². The number of aryl methyl sites for hydroxylation is 2. The maximum Gasteiger partial charge on any atom is 0.296 e. The van der Waals surface area contributed by atoms with Crippen LogP contribution in [0.25, 0.3) is 0 Å². The second-order valence-electron chi connectivity index (χ2n) is 11.8. The van der Waals surface area contributed by atoms with Crippen LogP contribution in [0.15, 0.2) is 76.5 Å². The molecular formula is C32H47N7O14S4. The summed E-state index contributed by atoms with van der Waals surface area (Å²) in [7, 11) is -16.2. The zero-order chi connectivity index (χ0) is 43.9. The van der Waals surface area contributed by atoms with Crippen LogP contribution in [0.4, 0.5) is 39.8 Å². The molecule has 0 aromatic heterocycles. The molecule has 0 aliphatic rings. The van der Waals surface area contributed by atoms with Crippen molar-refractivity contribution in [2.24, 2.45) is 0 Å². The van der Waals surface area contributed by atoms with Crippen molar-refractivity contribution in [3.8, 4) is 11.5 Å². The summed E-state index contributed by atoms with van der Waals surface area (Å²) < 4.78 is 129. The first-order chi connectivity index (χ1) is 26.0. The molecule has 0 atom stereocenters. The van der Waals surface area contributed by atoms with Crippen molar-refractivity contribution in [1.29, 1.82) is 0 Å². The topological polar surface area (TPSA) is 418 Å². The van der Waals surface area contributed by atoms with Gasteiger partial charge in [-0.05, 0) is 92.4 Å². The van der Waals surface area contributed by atoms with Gasteiger partial charge in [0.1, 0.15) is 16.4 Å². The average molecular weight is 882 g/mol. The monoisotopic (exact) mass is 881 g/mol. The molecule has 0 radical (unpaired) electrons. The summed E-state index contributed by atoms with van der Waals surface area (Å²) in [5.74, 6) is 0.162. The van der Waals surface area contributed by atoms with E-state index in [1.807, 2.05) is 13.8 Å². The van der Waals surface area contributed by atoms with Crippen LogP contribution < -0.4 is 49.6 Å². The fraction of sp³-hybridized carbons (Fsp3) is 0.250. The van der Waals surface area contributed by atoms with Crippen LogP contribution in [0.2, 0.25) is 0 Å². The van der Waals surface area contributed by atoms with Crippen molar-refractivity contribution < 1.29 is 61.4 Å². The van der Waals surface area contributed by atoms with Crippen LogP contribution in [0, 0.1) is 13.8 Å². The van der Waals surface area contributed by atoms with Crippen LogP contribution in [0.3, 0.4) is 0 Å². The highest BCUT2D eigenvalue weighted by atomic mass is 32.2. The van der Waals surface area contributed by atoms with Crippen LogP contribution in [-0.2, 0) is 40.5 Å². The fourth-order valence-electron chi connectivity index (χ4n) is 3.96. The third-order valence-corrected chi connectivity index (χ3v) is 10.3. The SMILES string of the molecule is Cc1cc(N)c(OCCCS(=O)(=O)O)cc1N.Cc1cc(N)c(OCCCS(=O)(=O)O)cc1N.Nc1ccc(N)c(S(=O)(=O)O)c1.Nc1ccc(S(=O)(=O)O)cc1. The first-order valence-electron chi connectivity index (χ1n) is 15.9. The third kappa shape index (κ3) is 19.9. The lowest BCUT2D eigenvalue weighted by atomic mass is 10.1. The molecule has 0 saturated carbocycles. The summed E-state index contributed by atoms with van der Waals surface area (Å²) in [6.07, 6.45) is 0.373. The molecule has 18 N–H and O–H groups in total. The van der Waals surface area contributed by atoms with Gasteiger partial charge in [0.2, 0.25) is 0 Å². The van der Waals surface area contributed by atoms with Gasteiger partial charge in [0, 0.05) is 34.9 Å². The first kappa shape index (κ1) is 49.7. The molecule has 21 nitrogen and oxygen atoms in total. The van der Waals surface area contributed by atoms with Gasteiger partial charge in [-0.1, -0.05) is 0 Å². The number of anilines is 7. The molecule has 0 aliphatic carbocycles. The van der Waals surface area contributed by atoms with Crippen molar-refractivity contribution in [2.45, 2.75) is 36.5 Å². The summed E-state index contributed by atoms with van der Waals surface area (Å²) in [4.78, 5) is -0.505. The zero-order valence-electron chi connectivity index (χ0n) is 30.6. The number of nitrogen functional groups attached to an aromatic ring is 7. The molecular weight excluding hydrogens is 835 g/mol. The van der Waals surface area contributed by atoms with E-state index in [1.165, 1.54) is 36.4 Å². The zero-order valence-corrected chi connectivity index (χ0v) is 33.9. The maximum absolute atomic E-state index is 10.6. The van der Waals surface area contributed by atoms with E-state index < -0.39 is 40.5 Å². The minimum Gasteiger partial charge on any atom is -0.491 e. The number of rotatable bonds is 12. The Morgan fingerprint density at radius 1 is 0.474 bits per heavy atom. The predicted molar refractivity (Wildman–Crippen MR) is 219 cm³/mol. The molecule has 318 valence electrons. The van der Waals surface area contributed by atoms with Crippen molar-refractivity contribution >= 4 is 80.3 Å². The highest BCUT2D eigenvalue weighted by molar-refractivity contribution is 7.86. The van der Waals surface area contributed by atoms with Crippen molar-refractivity contribution in [1.82, 2.24) is 0 Å². The molecule has 25 heteroatoms. The summed E-state index contributed by atoms with van der Waals surface area (Å²) in [6.45, 7) is 3.95. The van der Waals surface area contributed by atoms with Crippen LogP contribution in [-0.4, -0.2) is 76.6 Å². The van der Waals surface area contributed by atoms with Gasteiger partial charge in [-0.15, -0.1) is 0 Å². The Morgan fingerprint density at radius 3 is 1.19 bits per heavy atom. The van der Waals surface area contributed by atoms with Gasteiger partial charge in [0.25, 0.3) is 40.5 Å². The fourth-order valence-corrected chi connectivity index (χ4v) is 6.06. The molecule has 4 aromatic rings. The van der Waals surface area contributed by atoms with Gasteiger partial charge in [0.15, 0.2) is 0 Å². The Morgan fingerprint density at radius 2 is 0.860 bits per heavy atom. The van der Waals surface area contributed by atoms with E-state index >= 15 is 0 Å². The molecule has 0 heterocycles. The number of nitrogens with two attached hydrogens (primary N) is 7. The highest BCUT2D eigenvalue weighted by Crippen LogP contribution is 2.28. The van der Waals surface area contributed by atoms with Gasteiger partial charge in [0.05, 0.1) is 46.7 Å².